The second-order valence-corrected chi connectivity index (χ2v) is 11.2. The Bertz CT molecular complexity index is 1240. The van der Waals surface area contributed by atoms with Crippen LogP contribution < -0.4 is 14.4 Å². The molecular formula is C28H31ClFN3O3S. The molecular weight excluding hydrogens is 513 g/mol. The van der Waals surface area contributed by atoms with Crippen LogP contribution in [-0.4, -0.2) is 54.2 Å². The van der Waals surface area contributed by atoms with E-state index in [1.165, 1.54) is 25.8 Å². The van der Waals surface area contributed by atoms with Gasteiger partial charge in [0.05, 0.1) is 11.5 Å². The number of aromatic nitrogens is 1. The van der Waals surface area contributed by atoms with Crippen LogP contribution in [0.15, 0.2) is 48.7 Å². The van der Waals surface area contributed by atoms with Gasteiger partial charge >= 0.3 is 5.97 Å². The molecule has 0 unspecified atom stereocenters. The molecule has 196 valence electrons. The zero-order valence-electron chi connectivity index (χ0n) is 20.9. The van der Waals surface area contributed by atoms with E-state index in [1.807, 2.05) is 12.3 Å². The predicted molar refractivity (Wildman–Crippen MR) is 145 cm³/mol. The third kappa shape index (κ3) is 6.25. The maximum atomic E-state index is 13.7. The van der Waals surface area contributed by atoms with Crippen molar-refractivity contribution in [3.8, 4) is 21.9 Å². The minimum atomic E-state index is -0.392. The lowest BCUT2D eigenvalue weighted by atomic mass is 9.83. The average molecular weight is 544 g/mol. The summed E-state index contributed by atoms with van der Waals surface area (Å²) in [6.45, 7) is 5.99. The van der Waals surface area contributed by atoms with Crippen LogP contribution in [0.25, 0.3) is 10.4 Å². The van der Waals surface area contributed by atoms with Crippen LogP contribution in [0, 0.1) is 5.82 Å². The normalized spacial score (nSPS) is 17.6. The van der Waals surface area contributed by atoms with Gasteiger partial charge in [0.1, 0.15) is 17.3 Å². The van der Waals surface area contributed by atoms with E-state index in [-0.39, 0.29) is 11.4 Å². The minimum absolute atomic E-state index is 0.0763. The summed E-state index contributed by atoms with van der Waals surface area (Å²) in [4.78, 5) is 22.0. The summed E-state index contributed by atoms with van der Waals surface area (Å²) in [6.07, 6.45) is 7.27. The molecule has 0 bridgehead atoms. The number of ether oxygens (including phenoxy) is 2. The van der Waals surface area contributed by atoms with E-state index in [0.717, 1.165) is 61.0 Å². The molecule has 2 saturated heterocycles. The molecule has 9 heteroatoms. The molecule has 3 aromatic rings. The highest BCUT2D eigenvalue weighted by molar-refractivity contribution is 7.18. The molecule has 3 heterocycles. The van der Waals surface area contributed by atoms with Gasteiger partial charge in [-0.15, -0.1) is 0 Å². The number of carbonyl (C=O) groups excluding carboxylic acids is 1. The largest absolute Gasteiger partial charge is 0.493 e. The Morgan fingerprint density at radius 1 is 1.11 bits per heavy atom. The van der Waals surface area contributed by atoms with Gasteiger partial charge in [0.2, 0.25) is 0 Å². The van der Waals surface area contributed by atoms with Crippen molar-refractivity contribution in [1.82, 2.24) is 9.88 Å². The molecule has 0 saturated carbocycles. The fourth-order valence-electron chi connectivity index (χ4n) is 5.42. The lowest BCUT2D eigenvalue weighted by Gasteiger charge is -2.47. The third-order valence-electron chi connectivity index (χ3n) is 7.29. The summed E-state index contributed by atoms with van der Waals surface area (Å²) in [5.41, 5.74) is 0.939. The highest BCUT2D eigenvalue weighted by atomic mass is 35.5. The second-order valence-electron chi connectivity index (χ2n) is 9.74. The first-order valence-corrected chi connectivity index (χ1v) is 13.9. The molecule has 0 amide bonds. The van der Waals surface area contributed by atoms with Gasteiger partial charge < -0.3 is 14.4 Å². The van der Waals surface area contributed by atoms with E-state index < -0.39 is 5.97 Å². The number of nitrogens with zero attached hydrogens (tertiary/aromatic N) is 3. The zero-order valence-corrected chi connectivity index (χ0v) is 22.5. The maximum Gasteiger partial charge on any atom is 0.308 e. The lowest BCUT2D eigenvalue weighted by molar-refractivity contribution is -0.131. The van der Waals surface area contributed by atoms with Crippen molar-refractivity contribution < 1.29 is 18.7 Å². The molecule has 0 spiro atoms. The van der Waals surface area contributed by atoms with Crippen LogP contribution in [0.3, 0.4) is 0 Å². The van der Waals surface area contributed by atoms with Crippen molar-refractivity contribution >= 4 is 34.0 Å². The smallest absolute Gasteiger partial charge is 0.308 e. The summed E-state index contributed by atoms with van der Waals surface area (Å²) < 4.78 is 25.0. The van der Waals surface area contributed by atoms with Crippen molar-refractivity contribution in [2.24, 2.45) is 0 Å². The molecule has 2 fully saturated rings. The van der Waals surface area contributed by atoms with Crippen LogP contribution >= 0.6 is 22.9 Å². The summed E-state index contributed by atoms with van der Waals surface area (Å²) in [5.74, 6) is 0.365. The van der Waals surface area contributed by atoms with Crippen molar-refractivity contribution in [1.29, 1.82) is 0 Å². The summed E-state index contributed by atoms with van der Waals surface area (Å²) in [7, 11) is 0. The molecule has 1 aromatic heterocycles. The van der Waals surface area contributed by atoms with E-state index in [0.29, 0.717) is 23.1 Å². The van der Waals surface area contributed by atoms with Crippen molar-refractivity contribution in [3.63, 3.8) is 0 Å². The zero-order chi connectivity index (χ0) is 25.8. The predicted octanol–water partition coefficient (Wildman–Crippen LogP) is 6.43. The Kier molecular flexibility index (Phi) is 7.98. The van der Waals surface area contributed by atoms with Gasteiger partial charge in [0, 0.05) is 42.8 Å². The van der Waals surface area contributed by atoms with Gasteiger partial charge in [-0.1, -0.05) is 35.1 Å². The SMILES string of the molecule is CC(=O)Oc1cc(Cl)cc(OCCC2(N3CCCC3)CCN(c3ncc(-c4cccc(F)c4)s3)CC2)c1. The Morgan fingerprint density at radius 2 is 1.86 bits per heavy atom. The molecule has 2 aliphatic rings. The number of esters is 1. The number of carbonyl (C=O) groups is 1. The summed E-state index contributed by atoms with van der Waals surface area (Å²) >= 11 is 7.82. The molecule has 5 rings (SSSR count). The molecule has 0 N–H and O–H groups in total. The minimum Gasteiger partial charge on any atom is -0.493 e. The Morgan fingerprint density at radius 3 is 2.59 bits per heavy atom. The van der Waals surface area contributed by atoms with Gasteiger partial charge in [-0.25, -0.2) is 9.37 Å². The standard InChI is InChI=1S/C28H31ClFN3O3S/c1-20(34)36-25-17-22(29)16-24(18-25)35-14-9-28(33-10-2-3-11-33)7-12-32(13-8-28)27-31-19-26(37-27)21-5-4-6-23(30)15-21/h4-6,15-19H,2-3,7-14H2,1H3. The molecule has 0 radical (unpaired) electrons. The second kappa shape index (κ2) is 11.4. The monoisotopic (exact) mass is 543 g/mol. The van der Waals surface area contributed by atoms with Gasteiger partial charge in [0.15, 0.2) is 5.13 Å². The first kappa shape index (κ1) is 25.9. The number of rotatable bonds is 8. The Balaban J connectivity index is 1.24. The average Bonchev–Trinajstić information content (AvgIpc) is 3.57. The molecule has 37 heavy (non-hydrogen) atoms. The highest BCUT2D eigenvalue weighted by Crippen LogP contribution is 2.39. The van der Waals surface area contributed by atoms with Crippen LogP contribution in [0.2, 0.25) is 5.02 Å². The van der Waals surface area contributed by atoms with E-state index in [9.17, 15) is 9.18 Å². The lowest BCUT2D eigenvalue weighted by Crippen LogP contribution is -2.55. The van der Waals surface area contributed by atoms with Crippen LogP contribution in [0.4, 0.5) is 9.52 Å². The first-order chi connectivity index (χ1) is 17.9. The number of likely N-dealkylation sites (tertiary alicyclic amines) is 1. The van der Waals surface area contributed by atoms with E-state index in [1.54, 1.807) is 41.7 Å². The third-order valence-corrected chi connectivity index (χ3v) is 8.61. The van der Waals surface area contributed by atoms with E-state index in [4.69, 9.17) is 21.1 Å². The van der Waals surface area contributed by atoms with E-state index in [2.05, 4.69) is 14.8 Å². The first-order valence-electron chi connectivity index (χ1n) is 12.7. The summed E-state index contributed by atoms with van der Waals surface area (Å²) in [5, 5.41) is 1.46. The molecule has 0 atom stereocenters. The number of halogens is 2. The Labute approximate surface area is 226 Å². The van der Waals surface area contributed by atoms with Crippen molar-refractivity contribution in [2.75, 3.05) is 37.7 Å². The number of piperidine rings is 1. The number of thiazole rings is 1. The number of hydrogen-bond donors (Lipinski definition) is 0. The van der Waals surface area contributed by atoms with Crippen LogP contribution in [0.1, 0.15) is 39.0 Å². The molecule has 0 aliphatic carbocycles. The topological polar surface area (TPSA) is 54.9 Å². The van der Waals surface area contributed by atoms with Gasteiger partial charge in [-0.2, -0.15) is 0 Å². The number of hydrogen-bond acceptors (Lipinski definition) is 7. The fourth-order valence-corrected chi connectivity index (χ4v) is 6.60. The van der Waals surface area contributed by atoms with Gasteiger partial charge in [-0.05, 0) is 75.0 Å². The number of anilines is 1. The quantitative estimate of drug-likeness (QED) is 0.241. The van der Waals surface area contributed by atoms with Crippen molar-refractivity contribution in [2.45, 2.75) is 44.6 Å². The molecule has 6 nitrogen and oxygen atoms in total. The van der Waals surface area contributed by atoms with Gasteiger partial charge in [-0.3, -0.25) is 9.69 Å². The van der Waals surface area contributed by atoms with E-state index >= 15 is 0 Å². The summed E-state index contributed by atoms with van der Waals surface area (Å²) in [6, 6.07) is 11.7. The maximum absolute atomic E-state index is 13.7. The van der Waals surface area contributed by atoms with Gasteiger partial charge in [0.25, 0.3) is 0 Å². The highest BCUT2D eigenvalue weighted by Gasteiger charge is 2.41. The fraction of sp³-hybridized carbons (Fsp3) is 0.429. The van der Waals surface area contributed by atoms with Crippen molar-refractivity contribution in [3.05, 3.63) is 59.5 Å². The number of benzene rings is 2. The Hall–Kier alpha value is -2.68. The molecule has 2 aromatic carbocycles. The molecule has 2 aliphatic heterocycles. The van der Waals surface area contributed by atoms with Crippen LogP contribution in [0.5, 0.6) is 11.5 Å². The van der Waals surface area contributed by atoms with Crippen LogP contribution in [-0.2, 0) is 4.79 Å².